The molecule has 0 bridgehead atoms. The lowest BCUT2D eigenvalue weighted by Gasteiger charge is -2.42. The third kappa shape index (κ3) is 2.28. The van der Waals surface area contributed by atoms with Gasteiger partial charge in [0.05, 0.1) is 0 Å². The van der Waals surface area contributed by atoms with Crippen LogP contribution in [0.2, 0.25) is 0 Å². The maximum atomic E-state index is 9.18. The Morgan fingerprint density at radius 2 is 2.32 bits per heavy atom. The maximum Gasteiger partial charge on any atom is 0.254 e. The van der Waals surface area contributed by atoms with Crippen LogP contribution in [-0.2, 0) is 0 Å². The van der Waals surface area contributed by atoms with Gasteiger partial charge in [0.2, 0.25) is 0 Å². The molecule has 1 saturated carbocycles. The summed E-state index contributed by atoms with van der Waals surface area (Å²) in [6.45, 7) is 3.08. The van der Waals surface area contributed by atoms with E-state index < -0.39 is 0 Å². The second kappa shape index (κ2) is 4.77. The van der Waals surface area contributed by atoms with Crippen LogP contribution in [-0.4, -0.2) is 37.8 Å². The van der Waals surface area contributed by atoms with Crippen LogP contribution in [0.3, 0.4) is 0 Å². The summed E-state index contributed by atoms with van der Waals surface area (Å²) in [7, 11) is 0. The van der Waals surface area contributed by atoms with Crippen molar-refractivity contribution in [3.8, 4) is 0 Å². The summed E-state index contributed by atoms with van der Waals surface area (Å²) in [4.78, 5) is 8.44. The van der Waals surface area contributed by atoms with Crippen LogP contribution in [0.4, 0.5) is 5.82 Å². The summed E-state index contributed by atoms with van der Waals surface area (Å²) in [5.41, 5.74) is 1.17. The molecule has 0 amide bonds. The molecule has 0 spiro atoms. The summed E-state index contributed by atoms with van der Waals surface area (Å²) >= 11 is 0. The van der Waals surface area contributed by atoms with Crippen LogP contribution in [0.15, 0.2) is 12.4 Å². The summed E-state index contributed by atoms with van der Waals surface area (Å²) in [5.74, 6) is 1.54. The second-order valence-electron chi connectivity index (χ2n) is 5.44. The van der Waals surface area contributed by atoms with Gasteiger partial charge in [-0.3, -0.25) is 0 Å². The van der Waals surface area contributed by atoms with Gasteiger partial charge in [-0.2, -0.15) is 14.6 Å². The van der Waals surface area contributed by atoms with Crippen LogP contribution >= 0.6 is 0 Å². The van der Waals surface area contributed by atoms with Crippen molar-refractivity contribution < 1.29 is 5.11 Å². The molecule has 0 saturated heterocycles. The van der Waals surface area contributed by atoms with Crippen molar-refractivity contribution >= 4 is 11.6 Å². The zero-order valence-corrected chi connectivity index (χ0v) is 11.1. The number of aliphatic hydroxyl groups is 1. The van der Waals surface area contributed by atoms with Gasteiger partial charge in [-0.1, -0.05) is 6.42 Å². The molecule has 19 heavy (non-hydrogen) atoms. The highest BCUT2D eigenvalue weighted by molar-refractivity contribution is 5.44. The molecule has 0 radical (unpaired) electrons. The summed E-state index contributed by atoms with van der Waals surface area (Å²) in [6, 6.07) is 1.98. The van der Waals surface area contributed by atoms with Crippen LogP contribution in [0.1, 0.15) is 31.4 Å². The van der Waals surface area contributed by atoms with Crippen LogP contribution in [0, 0.1) is 12.3 Å². The van der Waals surface area contributed by atoms with Crippen molar-refractivity contribution in [2.24, 2.45) is 5.41 Å². The molecule has 2 N–H and O–H groups in total. The topological polar surface area (TPSA) is 75.3 Å². The molecule has 2 aromatic heterocycles. The second-order valence-corrected chi connectivity index (χ2v) is 5.44. The van der Waals surface area contributed by atoms with Crippen molar-refractivity contribution in [2.75, 3.05) is 18.5 Å². The molecule has 3 rings (SSSR count). The molecule has 0 atom stereocenters. The van der Waals surface area contributed by atoms with Gasteiger partial charge in [-0.05, 0) is 31.6 Å². The lowest BCUT2D eigenvalue weighted by molar-refractivity contribution is 0.101. The Labute approximate surface area is 111 Å². The van der Waals surface area contributed by atoms with Crippen LogP contribution < -0.4 is 5.32 Å². The average molecular weight is 261 g/mol. The van der Waals surface area contributed by atoms with Gasteiger partial charge in [0.1, 0.15) is 12.1 Å². The fraction of sp³-hybridized carbons (Fsp3) is 0.615. The van der Waals surface area contributed by atoms with Crippen LogP contribution in [0.25, 0.3) is 5.78 Å². The fourth-order valence-electron chi connectivity index (χ4n) is 2.76. The number of anilines is 1. The van der Waals surface area contributed by atoms with E-state index in [4.69, 9.17) is 0 Å². The number of nitrogens with zero attached hydrogens (tertiary/aromatic N) is 4. The van der Waals surface area contributed by atoms with E-state index in [1.807, 2.05) is 13.0 Å². The van der Waals surface area contributed by atoms with Crippen molar-refractivity contribution in [3.63, 3.8) is 0 Å². The highest BCUT2D eigenvalue weighted by Crippen LogP contribution is 2.43. The maximum absolute atomic E-state index is 9.18. The molecule has 0 aromatic carbocycles. The van der Waals surface area contributed by atoms with E-state index in [2.05, 4.69) is 20.4 Å². The molecular weight excluding hydrogens is 242 g/mol. The number of fused-ring (bicyclic) bond motifs is 1. The Kier molecular flexibility index (Phi) is 3.10. The Hall–Kier alpha value is -1.69. The van der Waals surface area contributed by atoms with E-state index in [-0.39, 0.29) is 12.0 Å². The number of hydrogen-bond donors (Lipinski definition) is 2. The Morgan fingerprint density at radius 1 is 1.47 bits per heavy atom. The van der Waals surface area contributed by atoms with Gasteiger partial charge < -0.3 is 10.4 Å². The first-order valence-electron chi connectivity index (χ1n) is 6.75. The number of nitrogens with one attached hydrogen (secondary N) is 1. The lowest BCUT2D eigenvalue weighted by Crippen LogP contribution is -2.37. The van der Waals surface area contributed by atoms with E-state index in [1.165, 1.54) is 25.6 Å². The molecule has 2 aromatic rings. The van der Waals surface area contributed by atoms with E-state index >= 15 is 0 Å². The molecule has 1 aliphatic carbocycles. The fourth-order valence-corrected chi connectivity index (χ4v) is 2.76. The summed E-state index contributed by atoms with van der Waals surface area (Å²) in [6.07, 6.45) is 6.01. The van der Waals surface area contributed by atoms with Crippen molar-refractivity contribution in [1.82, 2.24) is 19.6 Å². The van der Waals surface area contributed by atoms with Crippen molar-refractivity contribution in [1.29, 1.82) is 0 Å². The average Bonchev–Trinajstić information content (AvgIpc) is 2.80. The van der Waals surface area contributed by atoms with E-state index in [0.717, 1.165) is 24.5 Å². The number of rotatable bonds is 5. The van der Waals surface area contributed by atoms with E-state index in [0.29, 0.717) is 5.78 Å². The number of hydrogen-bond acceptors (Lipinski definition) is 5. The van der Waals surface area contributed by atoms with Gasteiger partial charge >= 0.3 is 0 Å². The van der Waals surface area contributed by atoms with Gasteiger partial charge in [0.15, 0.2) is 0 Å². The van der Waals surface area contributed by atoms with Gasteiger partial charge in [-0.15, -0.1) is 0 Å². The quantitative estimate of drug-likeness (QED) is 0.851. The molecular formula is C13H19N5O. The molecule has 0 unspecified atom stereocenters. The first kappa shape index (κ1) is 12.3. The SMILES string of the molecule is Cc1cc(NCC2(CCO)CCC2)n2ncnc2n1. The number of aliphatic hydroxyl groups excluding tert-OH is 1. The highest BCUT2D eigenvalue weighted by Gasteiger charge is 2.36. The minimum atomic E-state index is 0.249. The number of aryl methyl sites for hydroxylation is 1. The molecule has 102 valence electrons. The molecule has 1 fully saturated rings. The predicted octanol–water partition coefficient (Wildman–Crippen LogP) is 1.40. The van der Waals surface area contributed by atoms with Crippen molar-refractivity contribution in [2.45, 2.75) is 32.6 Å². The zero-order chi connectivity index (χ0) is 13.3. The van der Waals surface area contributed by atoms with Gasteiger partial charge in [0, 0.05) is 24.9 Å². The smallest absolute Gasteiger partial charge is 0.254 e. The third-order valence-electron chi connectivity index (χ3n) is 4.08. The Morgan fingerprint density at radius 3 is 3.00 bits per heavy atom. The van der Waals surface area contributed by atoms with Crippen molar-refractivity contribution in [3.05, 3.63) is 18.1 Å². The molecule has 2 heterocycles. The van der Waals surface area contributed by atoms with Gasteiger partial charge in [-0.25, -0.2) is 4.98 Å². The summed E-state index contributed by atoms with van der Waals surface area (Å²) < 4.78 is 1.72. The largest absolute Gasteiger partial charge is 0.396 e. The zero-order valence-electron chi connectivity index (χ0n) is 11.1. The minimum Gasteiger partial charge on any atom is -0.396 e. The highest BCUT2D eigenvalue weighted by atomic mass is 16.3. The third-order valence-corrected chi connectivity index (χ3v) is 4.08. The first-order valence-corrected chi connectivity index (χ1v) is 6.75. The molecule has 0 aliphatic heterocycles. The lowest BCUT2D eigenvalue weighted by atomic mass is 9.67. The van der Waals surface area contributed by atoms with E-state index in [9.17, 15) is 5.11 Å². The Balaban J connectivity index is 1.79. The van der Waals surface area contributed by atoms with Crippen LogP contribution in [0.5, 0.6) is 0 Å². The Bertz CT molecular complexity index is 575. The summed E-state index contributed by atoms with van der Waals surface area (Å²) in [5, 5.41) is 16.8. The molecule has 6 heteroatoms. The first-order chi connectivity index (χ1) is 9.22. The predicted molar refractivity (Wildman–Crippen MR) is 72.0 cm³/mol. The van der Waals surface area contributed by atoms with E-state index in [1.54, 1.807) is 4.52 Å². The standard InChI is InChI=1S/C13H19N5O/c1-10-7-11(18-12(17-10)15-9-16-18)14-8-13(5-6-19)3-2-4-13/h7,9,14,19H,2-6,8H2,1H3. The number of aromatic nitrogens is 4. The molecule has 1 aliphatic rings. The molecule has 6 nitrogen and oxygen atoms in total. The normalized spacial score (nSPS) is 17.4. The monoisotopic (exact) mass is 261 g/mol. The van der Waals surface area contributed by atoms with Gasteiger partial charge in [0.25, 0.3) is 5.78 Å². The minimum absolute atomic E-state index is 0.249.